The summed E-state index contributed by atoms with van der Waals surface area (Å²) in [6.07, 6.45) is 2.00. The molecular weight excluding hydrogens is 366 g/mol. The summed E-state index contributed by atoms with van der Waals surface area (Å²) in [5.41, 5.74) is 1.28. The van der Waals surface area contributed by atoms with E-state index in [2.05, 4.69) is 27.7 Å². The minimum Gasteiger partial charge on any atom is -0.491 e. The van der Waals surface area contributed by atoms with Crippen LogP contribution in [0.4, 0.5) is 5.69 Å². The Morgan fingerprint density at radius 2 is 1.96 bits per heavy atom. The van der Waals surface area contributed by atoms with Crippen molar-refractivity contribution in [2.45, 2.75) is 26.3 Å². The Balaban J connectivity index is 1.65. The number of para-hydroxylation sites is 2. The summed E-state index contributed by atoms with van der Waals surface area (Å²) in [7, 11) is 0. The zero-order chi connectivity index (χ0) is 19.1. The SMILES string of the molecule is CCCCOc1ccccc1NC(=O)Cn1nnc(-c2ccccc2Cl)n1. The molecule has 3 rings (SSSR count). The number of anilines is 1. The van der Waals surface area contributed by atoms with Crippen molar-refractivity contribution in [3.63, 3.8) is 0 Å². The molecule has 7 nitrogen and oxygen atoms in total. The van der Waals surface area contributed by atoms with Gasteiger partial charge in [0.2, 0.25) is 11.7 Å². The number of hydrogen-bond donors (Lipinski definition) is 1. The zero-order valence-corrected chi connectivity index (χ0v) is 15.7. The quantitative estimate of drug-likeness (QED) is 0.596. The molecule has 0 aliphatic carbocycles. The third-order valence-electron chi connectivity index (χ3n) is 3.77. The predicted molar refractivity (Wildman–Crippen MR) is 104 cm³/mol. The van der Waals surface area contributed by atoms with Crippen LogP contribution in [-0.2, 0) is 11.3 Å². The molecule has 0 atom stereocenters. The third kappa shape index (κ3) is 5.04. The van der Waals surface area contributed by atoms with Gasteiger partial charge in [0.05, 0.1) is 17.3 Å². The third-order valence-corrected chi connectivity index (χ3v) is 4.10. The van der Waals surface area contributed by atoms with Gasteiger partial charge in [0.25, 0.3) is 0 Å². The number of nitrogens with zero attached hydrogens (tertiary/aromatic N) is 4. The number of hydrogen-bond acceptors (Lipinski definition) is 5. The van der Waals surface area contributed by atoms with Crippen LogP contribution < -0.4 is 10.1 Å². The van der Waals surface area contributed by atoms with E-state index in [4.69, 9.17) is 16.3 Å². The fourth-order valence-electron chi connectivity index (χ4n) is 2.40. The van der Waals surface area contributed by atoms with Crippen LogP contribution in [0.2, 0.25) is 5.02 Å². The fraction of sp³-hybridized carbons (Fsp3) is 0.263. The molecule has 0 aliphatic rings. The minimum absolute atomic E-state index is 0.0687. The first-order chi connectivity index (χ1) is 13.2. The van der Waals surface area contributed by atoms with Crippen molar-refractivity contribution in [1.82, 2.24) is 20.2 Å². The molecule has 0 bridgehead atoms. The van der Waals surface area contributed by atoms with Gasteiger partial charge in [-0.15, -0.1) is 10.2 Å². The highest BCUT2D eigenvalue weighted by Crippen LogP contribution is 2.25. The molecule has 0 aliphatic heterocycles. The molecule has 0 spiro atoms. The van der Waals surface area contributed by atoms with Gasteiger partial charge in [-0.3, -0.25) is 4.79 Å². The van der Waals surface area contributed by atoms with Crippen molar-refractivity contribution >= 4 is 23.2 Å². The van der Waals surface area contributed by atoms with Gasteiger partial charge in [-0.05, 0) is 35.9 Å². The fourth-order valence-corrected chi connectivity index (χ4v) is 2.62. The first kappa shape index (κ1) is 18.8. The smallest absolute Gasteiger partial charge is 0.248 e. The number of tetrazole rings is 1. The Kier molecular flexibility index (Phi) is 6.38. The van der Waals surface area contributed by atoms with Crippen LogP contribution in [0.25, 0.3) is 11.4 Å². The normalized spacial score (nSPS) is 10.6. The minimum atomic E-state index is -0.273. The Hall–Kier alpha value is -2.93. The van der Waals surface area contributed by atoms with Crippen LogP contribution in [0, 0.1) is 0 Å². The van der Waals surface area contributed by atoms with E-state index in [9.17, 15) is 4.79 Å². The highest BCUT2D eigenvalue weighted by Gasteiger charge is 2.13. The molecule has 1 heterocycles. The summed E-state index contributed by atoms with van der Waals surface area (Å²) in [5, 5.41) is 15.5. The molecule has 8 heteroatoms. The van der Waals surface area contributed by atoms with Crippen molar-refractivity contribution in [2.75, 3.05) is 11.9 Å². The van der Waals surface area contributed by atoms with Crippen LogP contribution in [-0.4, -0.2) is 32.7 Å². The van der Waals surface area contributed by atoms with Crippen LogP contribution in [0.15, 0.2) is 48.5 Å². The Labute approximate surface area is 162 Å². The number of carbonyl (C=O) groups excluding carboxylic acids is 1. The Bertz CT molecular complexity index is 912. The van der Waals surface area contributed by atoms with Gasteiger partial charge in [0.15, 0.2) is 0 Å². The van der Waals surface area contributed by atoms with Crippen LogP contribution in [0.3, 0.4) is 0 Å². The second kappa shape index (κ2) is 9.14. The van der Waals surface area contributed by atoms with Gasteiger partial charge >= 0.3 is 0 Å². The van der Waals surface area contributed by atoms with E-state index in [1.54, 1.807) is 18.2 Å². The lowest BCUT2D eigenvalue weighted by atomic mass is 10.2. The molecule has 0 saturated carbocycles. The molecule has 1 aromatic heterocycles. The van der Waals surface area contributed by atoms with Gasteiger partial charge in [0.1, 0.15) is 12.3 Å². The summed E-state index contributed by atoms with van der Waals surface area (Å²) < 4.78 is 5.72. The summed E-state index contributed by atoms with van der Waals surface area (Å²) in [4.78, 5) is 13.6. The van der Waals surface area contributed by atoms with E-state index in [1.165, 1.54) is 4.80 Å². The molecule has 1 N–H and O–H groups in total. The topological polar surface area (TPSA) is 81.9 Å². The number of rotatable bonds is 8. The van der Waals surface area contributed by atoms with Gasteiger partial charge in [-0.25, -0.2) is 0 Å². The molecule has 2 aromatic carbocycles. The average Bonchev–Trinajstić information content (AvgIpc) is 3.11. The summed E-state index contributed by atoms with van der Waals surface area (Å²) in [6, 6.07) is 14.5. The van der Waals surface area contributed by atoms with Crippen molar-refractivity contribution in [2.24, 2.45) is 0 Å². The van der Waals surface area contributed by atoms with E-state index < -0.39 is 0 Å². The van der Waals surface area contributed by atoms with Crippen LogP contribution >= 0.6 is 11.6 Å². The lowest BCUT2D eigenvalue weighted by Crippen LogP contribution is -2.21. The molecule has 1 amide bonds. The first-order valence-corrected chi connectivity index (χ1v) is 9.09. The number of carbonyl (C=O) groups is 1. The standard InChI is InChI=1S/C19H20ClN5O2/c1-2-3-12-27-17-11-7-6-10-16(17)21-18(26)13-25-23-19(22-24-25)14-8-4-5-9-15(14)20/h4-11H,2-3,12-13H2,1H3,(H,21,26). The molecule has 0 fully saturated rings. The number of aromatic nitrogens is 4. The monoisotopic (exact) mass is 385 g/mol. The Morgan fingerprint density at radius 1 is 1.19 bits per heavy atom. The second-order valence-electron chi connectivity index (χ2n) is 5.87. The van der Waals surface area contributed by atoms with Gasteiger partial charge in [0, 0.05) is 5.56 Å². The number of amides is 1. The van der Waals surface area contributed by atoms with E-state index in [0.29, 0.717) is 34.5 Å². The number of unbranched alkanes of at least 4 members (excludes halogenated alkanes) is 1. The first-order valence-electron chi connectivity index (χ1n) is 8.71. The second-order valence-corrected chi connectivity index (χ2v) is 6.28. The highest BCUT2D eigenvalue weighted by atomic mass is 35.5. The van der Waals surface area contributed by atoms with E-state index in [1.807, 2.05) is 30.3 Å². The van der Waals surface area contributed by atoms with Gasteiger partial charge < -0.3 is 10.1 Å². The maximum atomic E-state index is 12.4. The number of ether oxygens (including phenoxy) is 1. The highest BCUT2D eigenvalue weighted by molar-refractivity contribution is 6.33. The predicted octanol–water partition coefficient (Wildman–Crippen LogP) is 3.81. The van der Waals surface area contributed by atoms with E-state index in [0.717, 1.165) is 12.8 Å². The van der Waals surface area contributed by atoms with Gasteiger partial charge in [-0.1, -0.05) is 49.2 Å². The van der Waals surface area contributed by atoms with Crippen molar-refractivity contribution < 1.29 is 9.53 Å². The Morgan fingerprint density at radius 3 is 2.78 bits per heavy atom. The average molecular weight is 386 g/mol. The van der Waals surface area contributed by atoms with Crippen LogP contribution in [0.5, 0.6) is 5.75 Å². The van der Waals surface area contributed by atoms with E-state index in [-0.39, 0.29) is 12.5 Å². The zero-order valence-electron chi connectivity index (χ0n) is 14.9. The van der Waals surface area contributed by atoms with Gasteiger partial charge in [-0.2, -0.15) is 4.80 Å². The number of benzene rings is 2. The largest absolute Gasteiger partial charge is 0.491 e. The molecular formula is C19H20ClN5O2. The summed E-state index contributed by atoms with van der Waals surface area (Å²) in [5.74, 6) is 0.740. The maximum Gasteiger partial charge on any atom is 0.248 e. The summed E-state index contributed by atoms with van der Waals surface area (Å²) in [6.45, 7) is 2.63. The molecule has 27 heavy (non-hydrogen) atoms. The lowest BCUT2D eigenvalue weighted by Gasteiger charge is -2.11. The molecule has 0 unspecified atom stereocenters. The maximum absolute atomic E-state index is 12.4. The number of halogens is 1. The van der Waals surface area contributed by atoms with Crippen molar-refractivity contribution in [3.8, 4) is 17.1 Å². The molecule has 0 saturated heterocycles. The van der Waals surface area contributed by atoms with Crippen molar-refractivity contribution in [3.05, 3.63) is 53.6 Å². The molecule has 3 aromatic rings. The summed E-state index contributed by atoms with van der Waals surface area (Å²) >= 11 is 6.14. The van der Waals surface area contributed by atoms with Crippen LogP contribution in [0.1, 0.15) is 19.8 Å². The molecule has 140 valence electrons. The number of nitrogens with one attached hydrogen (secondary N) is 1. The van der Waals surface area contributed by atoms with E-state index >= 15 is 0 Å². The van der Waals surface area contributed by atoms with Crippen molar-refractivity contribution in [1.29, 1.82) is 0 Å². The molecule has 0 radical (unpaired) electrons. The lowest BCUT2D eigenvalue weighted by molar-refractivity contribution is -0.117.